The van der Waals surface area contributed by atoms with E-state index in [-0.39, 0.29) is 17.7 Å². The van der Waals surface area contributed by atoms with Gasteiger partial charge in [0.1, 0.15) is 22.6 Å². The number of nitrogens with one attached hydrogen (secondary N) is 2. The average molecular weight is 356 g/mol. The van der Waals surface area contributed by atoms with E-state index < -0.39 is 0 Å². The number of aromatic amines is 1. The number of thiophene rings is 1. The van der Waals surface area contributed by atoms with Gasteiger partial charge in [-0.15, -0.1) is 11.3 Å². The van der Waals surface area contributed by atoms with Crippen molar-refractivity contribution in [1.82, 2.24) is 20.2 Å². The van der Waals surface area contributed by atoms with Gasteiger partial charge in [-0.2, -0.15) is 0 Å². The van der Waals surface area contributed by atoms with Crippen LogP contribution in [0.25, 0.3) is 21.7 Å². The minimum atomic E-state index is -0.144. The third kappa shape index (κ3) is 3.12. The first-order chi connectivity index (χ1) is 12.1. The van der Waals surface area contributed by atoms with Crippen molar-refractivity contribution < 1.29 is 9.90 Å². The first-order valence-electron chi connectivity index (χ1n) is 8.37. The maximum absolute atomic E-state index is 12.8. The van der Waals surface area contributed by atoms with Gasteiger partial charge in [-0.3, -0.25) is 4.79 Å². The molecule has 1 unspecified atom stereocenters. The molecule has 2 aromatic heterocycles. The molecule has 1 saturated heterocycles. The summed E-state index contributed by atoms with van der Waals surface area (Å²) >= 11 is 1.56. The van der Waals surface area contributed by atoms with Crippen LogP contribution < -0.4 is 5.32 Å². The van der Waals surface area contributed by atoms with Crippen LogP contribution in [-0.4, -0.2) is 52.1 Å². The molecule has 130 valence electrons. The second-order valence-electron chi connectivity index (χ2n) is 6.49. The number of nitrogens with zero attached hydrogens (tertiary/aromatic N) is 2. The number of benzene rings is 1. The number of piperidine rings is 1. The van der Waals surface area contributed by atoms with Crippen molar-refractivity contribution >= 4 is 28.3 Å². The fourth-order valence-corrected chi connectivity index (χ4v) is 4.01. The average Bonchev–Trinajstić information content (AvgIpc) is 3.25. The van der Waals surface area contributed by atoms with Crippen molar-refractivity contribution in [3.05, 3.63) is 35.2 Å². The maximum Gasteiger partial charge on any atom is 0.253 e. The Balaban J connectivity index is 1.67. The zero-order valence-corrected chi connectivity index (χ0v) is 14.8. The number of fused-ring (bicyclic) bond motifs is 1. The van der Waals surface area contributed by atoms with E-state index in [1.165, 1.54) is 0 Å². The van der Waals surface area contributed by atoms with Crippen molar-refractivity contribution in [2.75, 3.05) is 20.1 Å². The van der Waals surface area contributed by atoms with Crippen molar-refractivity contribution in [1.29, 1.82) is 0 Å². The molecule has 4 rings (SSSR count). The number of amides is 1. The van der Waals surface area contributed by atoms with Gasteiger partial charge < -0.3 is 20.3 Å². The number of aromatic nitrogens is 2. The number of H-pyrrole nitrogens is 1. The van der Waals surface area contributed by atoms with E-state index in [2.05, 4.69) is 27.2 Å². The van der Waals surface area contributed by atoms with E-state index in [9.17, 15) is 9.90 Å². The molecule has 0 aliphatic carbocycles. The molecular weight excluding hydrogens is 336 g/mol. The van der Waals surface area contributed by atoms with Crippen LogP contribution in [0.1, 0.15) is 23.2 Å². The summed E-state index contributed by atoms with van der Waals surface area (Å²) in [5, 5.41) is 15.2. The summed E-state index contributed by atoms with van der Waals surface area (Å²) in [7, 11) is 2.07. The molecule has 1 atom stereocenters. The number of phenols is 1. The predicted octanol–water partition coefficient (Wildman–Crippen LogP) is 2.82. The number of likely N-dealkylation sites (N-methyl/N-ethyl adjacent to an activating group) is 1. The summed E-state index contributed by atoms with van der Waals surface area (Å²) in [6, 6.07) is 7.22. The highest BCUT2D eigenvalue weighted by atomic mass is 32.1. The van der Waals surface area contributed by atoms with E-state index in [0.29, 0.717) is 22.4 Å². The van der Waals surface area contributed by atoms with Crippen LogP contribution in [0, 0.1) is 0 Å². The Bertz CT molecular complexity index is 903. The molecule has 6 nitrogen and oxygen atoms in total. The van der Waals surface area contributed by atoms with Crippen LogP contribution >= 0.6 is 11.3 Å². The fraction of sp³-hybridized carbons (Fsp3) is 0.333. The molecule has 1 aliphatic heterocycles. The summed E-state index contributed by atoms with van der Waals surface area (Å²) in [6.07, 6.45) is 2.07. The minimum Gasteiger partial charge on any atom is -0.506 e. The van der Waals surface area contributed by atoms with Gasteiger partial charge in [-0.25, -0.2) is 4.98 Å². The zero-order chi connectivity index (χ0) is 17.4. The van der Waals surface area contributed by atoms with Crippen molar-refractivity contribution in [3.63, 3.8) is 0 Å². The van der Waals surface area contributed by atoms with Gasteiger partial charge in [0.25, 0.3) is 5.91 Å². The van der Waals surface area contributed by atoms with Crippen molar-refractivity contribution in [3.8, 4) is 16.5 Å². The van der Waals surface area contributed by atoms with Crippen LogP contribution in [0.2, 0.25) is 0 Å². The molecule has 0 saturated carbocycles. The largest absolute Gasteiger partial charge is 0.506 e. The highest BCUT2D eigenvalue weighted by Crippen LogP contribution is 2.30. The first kappa shape index (κ1) is 16.1. The van der Waals surface area contributed by atoms with Gasteiger partial charge in [0.15, 0.2) is 0 Å². The number of carbonyl (C=O) groups is 1. The molecule has 1 aliphatic rings. The van der Waals surface area contributed by atoms with Gasteiger partial charge >= 0.3 is 0 Å². The molecule has 7 heteroatoms. The zero-order valence-electron chi connectivity index (χ0n) is 14.0. The third-order valence-electron chi connectivity index (χ3n) is 4.58. The smallest absolute Gasteiger partial charge is 0.253 e. The number of hydrogen-bond donors (Lipinski definition) is 3. The van der Waals surface area contributed by atoms with Crippen LogP contribution in [0.15, 0.2) is 29.6 Å². The van der Waals surface area contributed by atoms with E-state index in [4.69, 9.17) is 0 Å². The Kier molecular flexibility index (Phi) is 4.19. The second kappa shape index (κ2) is 6.50. The van der Waals surface area contributed by atoms with Crippen molar-refractivity contribution in [2.24, 2.45) is 0 Å². The Morgan fingerprint density at radius 3 is 3.08 bits per heavy atom. The van der Waals surface area contributed by atoms with Crippen molar-refractivity contribution in [2.45, 2.75) is 18.9 Å². The molecule has 25 heavy (non-hydrogen) atoms. The minimum absolute atomic E-state index is 0.0965. The lowest BCUT2D eigenvalue weighted by Gasteiger charge is -2.30. The molecule has 1 aromatic carbocycles. The monoisotopic (exact) mass is 356 g/mol. The number of rotatable bonds is 3. The predicted molar refractivity (Wildman–Crippen MR) is 99.1 cm³/mol. The number of hydrogen-bond acceptors (Lipinski definition) is 5. The molecule has 3 heterocycles. The van der Waals surface area contributed by atoms with Gasteiger partial charge in [-0.05, 0) is 50.0 Å². The Morgan fingerprint density at radius 2 is 2.32 bits per heavy atom. The maximum atomic E-state index is 12.8. The highest BCUT2D eigenvalue weighted by Gasteiger charge is 2.22. The number of likely N-dealkylation sites (tertiary alicyclic amines) is 1. The molecule has 0 spiro atoms. The number of carbonyl (C=O) groups excluding carboxylic acids is 1. The second-order valence-corrected chi connectivity index (χ2v) is 7.44. The van der Waals surface area contributed by atoms with E-state index in [1.807, 2.05) is 17.5 Å². The normalized spacial score (nSPS) is 18.5. The highest BCUT2D eigenvalue weighted by molar-refractivity contribution is 7.13. The van der Waals surface area contributed by atoms with Crippen LogP contribution in [-0.2, 0) is 0 Å². The van der Waals surface area contributed by atoms with E-state index >= 15 is 0 Å². The number of phenolic OH excluding ortho intramolecular Hbond substituents is 1. The molecule has 0 bridgehead atoms. The Hall–Kier alpha value is -2.38. The lowest BCUT2D eigenvalue weighted by atomic mass is 10.1. The fourth-order valence-electron chi connectivity index (χ4n) is 3.34. The van der Waals surface area contributed by atoms with Crippen LogP contribution in [0.4, 0.5) is 0 Å². The van der Waals surface area contributed by atoms with Crippen LogP contribution in [0.5, 0.6) is 5.75 Å². The Labute approximate surface area is 149 Å². The number of aromatic hydroxyl groups is 1. The first-order valence-corrected chi connectivity index (χ1v) is 9.25. The molecule has 1 amide bonds. The Morgan fingerprint density at radius 1 is 1.44 bits per heavy atom. The van der Waals surface area contributed by atoms with Gasteiger partial charge in [0.05, 0.1) is 10.4 Å². The van der Waals surface area contributed by atoms with E-state index in [1.54, 1.807) is 23.5 Å². The van der Waals surface area contributed by atoms with Crippen LogP contribution in [0.3, 0.4) is 0 Å². The molecular formula is C18H20N4O2S. The summed E-state index contributed by atoms with van der Waals surface area (Å²) in [5.41, 5.74) is 1.49. The molecule has 1 fully saturated rings. The van der Waals surface area contributed by atoms with Gasteiger partial charge in [-0.1, -0.05) is 6.07 Å². The number of imidazole rings is 1. The quantitative estimate of drug-likeness (QED) is 0.674. The molecule has 0 radical (unpaired) electrons. The summed E-state index contributed by atoms with van der Waals surface area (Å²) < 4.78 is 0. The molecule has 3 N–H and O–H groups in total. The summed E-state index contributed by atoms with van der Waals surface area (Å²) in [6.45, 7) is 1.92. The topological polar surface area (TPSA) is 81.3 Å². The SMILES string of the molecule is CN1CCCC(NC(=O)c2ccc(O)c3[nH]c(-c4cccs4)nc23)C1. The van der Waals surface area contributed by atoms with E-state index in [0.717, 1.165) is 30.8 Å². The van der Waals surface area contributed by atoms with Gasteiger partial charge in [0.2, 0.25) is 0 Å². The third-order valence-corrected chi connectivity index (χ3v) is 5.46. The molecule has 3 aromatic rings. The van der Waals surface area contributed by atoms with Gasteiger partial charge in [0, 0.05) is 12.6 Å². The summed E-state index contributed by atoms with van der Waals surface area (Å²) in [5.74, 6) is 0.617. The summed E-state index contributed by atoms with van der Waals surface area (Å²) in [4.78, 5) is 23.7. The lowest BCUT2D eigenvalue weighted by Crippen LogP contribution is -2.46. The lowest BCUT2D eigenvalue weighted by molar-refractivity contribution is 0.0914. The standard InChI is InChI=1S/C18H20N4O2S/c1-22-8-2-4-11(10-22)19-18(24)12-6-7-13(23)16-15(12)20-17(21-16)14-5-3-9-25-14/h3,5-7,9,11,23H,2,4,8,10H2,1H3,(H,19,24)(H,20,21).